The average molecular weight is 423 g/mol. The first-order valence-electron chi connectivity index (χ1n) is 10.4. The molecule has 6 nitrogen and oxygen atoms in total. The fraction of sp³-hybridized carbons (Fsp3) is 0.320. The van der Waals surface area contributed by atoms with Crippen molar-refractivity contribution in [3.05, 3.63) is 71.2 Å². The molecule has 0 radical (unpaired) electrons. The lowest BCUT2D eigenvalue weighted by atomic mass is 9.98. The highest BCUT2D eigenvalue weighted by Crippen LogP contribution is 2.23. The second-order valence-corrected chi connectivity index (χ2v) is 7.06. The number of ether oxygens (including phenoxy) is 1. The van der Waals surface area contributed by atoms with Gasteiger partial charge in [-0.05, 0) is 36.6 Å². The maximum atomic E-state index is 11.8. The summed E-state index contributed by atoms with van der Waals surface area (Å²) >= 11 is 0. The number of aromatic nitrogens is 2. The number of carboxylic acid groups (broad SMARTS) is 1. The summed E-state index contributed by atoms with van der Waals surface area (Å²) in [4.78, 5) is 29.9. The Morgan fingerprint density at radius 1 is 1.06 bits per heavy atom. The number of nitrogens with one attached hydrogen (secondary N) is 1. The quantitative estimate of drug-likeness (QED) is 0.385. The molecule has 0 spiro atoms. The van der Waals surface area contributed by atoms with E-state index in [9.17, 15) is 9.59 Å². The third kappa shape index (κ3) is 6.81. The predicted molar refractivity (Wildman–Crippen MR) is 123 cm³/mol. The number of fused-ring (bicyclic) bond motifs is 1. The van der Waals surface area contributed by atoms with E-state index in [0.29, 0.717) is 24.2 Å². The summed E-state index contributed by atoms with van der Waals surface area (Å²) in [6, 6.07) is 15.5. The number of Topliss-reactive ketones (excluding diaryl/α,β-unsaturated/α-hetero) is 1. The topological polar surface area (TPSA) is 92.3 Å². The van der Waals surface area contributed by atoms with Crippen LogP contribution in [0.4, 0.5) is 0 Å². The first kappa shape index (κ1) is 23.9. The molecule has 0 unspecified atom stereocenters. The maximum absolute atomic E-state index is 11.8. The van der Waals surface area contributed by atoms with Crippen LogP contribution >= 0.6 is 0 Å². The molecule has 0 fully saturated rings. The van der Waals surface area contributed by atoms with Gasteiger partial charge in [0, 0.05) is 19.3 Å². The van der Waals surface area contributed by atoms with Crippen LogP contribution in [-0.2, 0) is 27.2 Å². The molecule has 2 N–H and O–H groups in total. The number of imidazole rings is 1. The van der Waals surface area contributed by atoms with Crippen LogP contribution in [0, 0.1) is 0 Å². The molecule has 0 aliphatic carbocycles. The summed E-state index contributed by atoms with van der Waals surface area (Å²) in [7, 11) is 1.56. The molecule has 2 aromatic carbocycles. The number of aliphatic carboxylic acids is 1. The number of benzene rings is 2. The molecule has 31 heavy (non-hydrogen) atoms. The molecular formula is C25H30N2O4. The minimum absolute atomic E-state index is 0.0398. The molecule has 6 heteroatoms. The lowest BCUT2D eigenvalue weighted by Gasteiger charge is -2.11. The van der Waals surface area contributed by atoms with Crippen molar-refractivity contribution in [3.63, 3.8) is 0 Å². The van der Waals surface area contributed by atoms with E-state index in [1.807, 2.05) is 55.5 Å². The van der Waals surface area contributed by atoms with Crippen LogP contribution < -0.4 is 0 Å². The van der Waals surface area contributed by atoms with Crippen molar-refractivity contribution in [1.29, 1.82) is 0 Å². The van der Waals surface area contributed by atoms with Gasteiger partial charge in [-0.1, -0.05) is 50.2 Å². The summed E-state index contributed by atoms with van der Waals surface area (Å²) in [5.74, 6) is 0.870. The number of carbonyl (C=O) groups is 2. The van der Waals surface area contributed by atoms with Gasteiger partial charge in [-0.25, -0.2) is 4.98 Å². The van der Waals surface area contributed by atoms with Gasteiger partial charge in [-0.3, -0.25) is 9.59 Å². The zero-order valence-corrected chi connectivity index (χ0v) is 18.6. The number of nitrogens with zero attached hydrogens (tertiary/aromatic N) is 1. The molecule has 3 aromatic rings. The lowest BCUT2D eigenvalue weighted by molar-refractivity contribution is -0.137. The SMILES string of the molecule is CC/C(OC)=C(\C(C)=O)c1ccc(CCC(=O)O)cc1.CCc1nc2ccccc2[nH]1. The minimum Gasteiger partial charge on any atom is -0.500 e. The predicted octanol–water partition coefficient (Wildman–Crippen LogP) is 5.19. The molecule has 1 heterocycles. The Morgan fingerprint density at radius 2 is 1.74 bits per heavy atom. The maximum Gasteiger partial charge on any atom is 0.303 e. The molecule has 3 rings (SSSR count). The Hall–Kier alpha value is -3.41. The Kier molecular flexibility index (Phi) is 9.00. The zero-order chi connectivity index (χ0) is 22.8. The third-order valence-corrected chi connectivity index (χ3v) is 4.84. The fourth-order valence-electron chi connectivity index (χ4n) is 3.25. The van der Waals surface area contributed by atoms with Gasteiger partial charge in [0.2, 0.25) is 0 Å². The van der Waals surface area contributed by atoms with E-state index in [0.717, 1.165) is 34.4 Å². The monoisotopic (exact) mass is 422 g/mol. The summed E-state index contributed by atoms with van der Waals surface area (Å²) in [5.41, 5.74) is 4.51. The van der Waals surface area contributed by atoms with Crippen molar-refractivity contribution in [2.75, 3.05) is 7.11 Å². The normalized spacial score (nSPS) is 11.4. The highest BCUT2D eigenvalue weighted by molar-refractivity contribution is 6.20. The molecule has 0 aliphatic rings. The summed E-state index contributed by atoms with van der Waals surface area (Å²) in [6.07, 6.45) is 2.20. The minimum atomic E-state index is -0.814. The number of hydrogen-bond acceptors (Lipinski definition) is 4. The van der Waals surface area contributed by atoms with Crippen molar-refractivity contribution in [2.24, 2.45) is 0 Å². The van der Waals surface area contributed by atoms with Crippen LogP contribution in [0.3, 0.4) is 0 Å². The molecule has 0 amide bonds. The number of aryl methyl sites for hydroxylation is 2. The Bertz CT molecular complexity index is 1010. The number of methoxy groups -OCH3 is 1. The van der Waals surface area contributed by atoms with E-state index in [4.69, 9.17) is 9.84 Å². The third-order valence-electron chi connectivity index (χ3n) is 4.84. The number of rotatable bonds is 8. The first-order valence-corrected chi connectivity index (χ1v) is 10.4. The van der Waals surface area contributed by atoms with Gasteiger partial charge in [0.05, 0.1) is 23.7 Å². The molecule has 1 aromatic heterocycles. The fourth-order valence-corrected chi connectivity index (χ4v) is 3.25. The standard InChI is InChI=1S/C16H20O4.C9H10N2/c1-4-14(20-3)16(11(2)17)13-8-5-12(6-9-13)7-10-15(18)19;1-2-9-10-7-5-3-4-6-8(7)11-9/h5-6,8-9H,4,7,10H2,1-3H3,(H,18,19);3-6H,2H2,1H3,(H,10,11)/b16-14-;. The Labute approximate surface area is 183 Å². The Balaban J connectivity index is 0.000000258. The van der Waals surface area contributed by atoms with Gasteiger partial charge < -0.3 is 14.8 Å². The van der Waals surface area contributed by atoms with Crippen molar-refractivity contribution in [3.8, 4) is 0 Å². The Morgan fingerprint density at radius 3 is 2.26 bits per heavy atom. The molecular weight excluding hydrogens is 392 g/mol. The van der Waals surface area contributed by atoms with Crippen molar-refractivity contribution >= 4 is 28.4 Å². The molecule has 164 valence electrons. The van der Waals surface area contributed by atoms with E-state index in [2.05, 4.69) is 16.9 Å². The van der Waals surface area contributed by atoms with Crippen LogP contribution in [0.25, 0.3) is 16.6 Å². The summed E-state index contributed by atoms with van der Waals surface area (Å²) in [6.45, 7) is 5.54. The van der Waals surface area contributed by atoms with E-state index in [1.165, 1.54) is 6.92 Å². The molecule has 0 aliphatic heterocycles. The molecule has 0 saturated heterocycles. The van der Waals surface area contributed by atoms with Crippen LogP contribution in [0.5, 0.6) is 0 Å². The second-order valence-electron chi connectivity index (χ2n) is 7.06. The van der Waals surface area contributed by atoms with Crippen molar-refractivity contribution in [1.82, 2.24) is 9.97 Å². The number of allylic oxidation sites excluding steroid dienone is 2. The van der Waals surface area contributed by atoms with Crippen LogP contribution in [0.15, 0.2) is 54.3 Å². The van der Waals surface area contributed by atoms with Crippen LogP contribution in [-0.4, -0.2) is 33.9 Å². The van der Waals surface area contributed by atoms with Gasteiger partial charge >= 0.3 is 5.97 Å². The van der Waals surface area contributed by atoms with Gasteiger partial charge in [0.15, 0.2) is 5.78 Å². The number of hydrogen-bond donors (Lipinski definition) is 2. The zero-order valence-electron chi connectivity index (χ0n) is 18.6. The van der Waals surface area contributed by atoms with E-state index in [-0.39, 0.29) is 12.2 Å². The van der Waals surface area contributed by atoms with E-state index < -0.39 is 5.97 Å². The summed E-state index contributed by atoms with van der Waals surface area (Å²) in [5, 5.41) is 8.66. The average Bonchev–Trinajstić information content (AvgIpc) is 3.20. The number of carboxylic acids is 1. The highest BCUT2D eigenvalue weighted by Gasteiger charge is 2.13. The lowest BCUT2D eigenvalue weighted by Crippen LogP contribution is -2.03. The van der Waals surface area contributed by atoms with Gasteiger partial charge in [0.1, 0.15) is 11.6 Å². The molecule has 0 atom stereocenters. The van der Waals surface area contributed by atoms with Gasteiger partial charge in [0.25, 0.3) is 0 Å². The van der Waals surface area contributed by atoms with Crippen LogP contribution in [0.1, 0.15) is 50.6 Å². The van der Waals surface area contributed by atoms with Gasteiger partial charge in [-0.15, -0.1) is 0 Å². The number of aromatic amines is 1. The van der Waals surface area contributed by atoms with Crippen LogP contribution in [0.2, 0.25) is 0 Å². The largest absolute Gasteiger partial charge is 0.500 e. The van der Waals surface area contributed by atoms with E-state index in [1.54, 1.807) is 7.11 Å². The van der Waals surface area contributed by atoms with Gasteiger partial charge in [-0.2, -0.15) is 0 Å². The smallest absolute Gasteiger partial charge is 0.303 e. The number of para-hydroxylation sites is 2. The number of ketones is 1. The molecule has 0 bridgehead atoms. The number of H-pyrrole nitrogens is 1. The second kappa shape index (κ2) is 11.7. The molecule has 0 saturated carbocycles. The number of carbonyl (C=O) groups excluding carboxylic acids is 1. The van der Waals surface area contributed by atoms with E-state index >= 15 is 0 Å². The van der Waals surface area contributed by atoms with Crippen molar-refractivity contribution < 1.29 is 19.4 Å². The first-order chi connectivity index (χ1) is 14.9. The van der Waals surface area contributed by atoms with Crippen molar-refractivity contribution in [2.45, 2.75) is 46.5 Å². The summed E-state index contributed by atoms with van der Waals surface area (Å²) < 4.78 is 5.27. The highest BCUT2D eigenvalue weighted by atomic mass is 16.5.